The average molecular weight is 399 g/mol. The summed E-state index contributed by atoms with van der Waals surface area (Å²) in [5.41, 5.74) is 3.71. The normalized spacial score (nSPS) is 17.6. The van der Waals surface area contributed by atoms with Gasteiger partial charge in [0.15, 0.2) is 5.82 Å². The molecule has 2 N–H and O–H groups in total. The molecule has 9 heteroatoms. The van der Waals surface area contributed by atoms with Gasteiger partial charge in [-0.05, 0) is 23.6 Å². The minimum Gasteiger partial charge on any atom is -0.379 e. The Hall–Kier alpha value is -2.91. The first kappa shape index (κ1) is 19.4. The molecule has 0 spiro atoms. The van der Waals surface area contributed by atoms with Gasteiger partial charge in [-0.2, -0.15) is 0 Å². The fourth-order valence-electron chi connectivity index (χ4n) is 3.86. The van der Waals surface area contributed by atoms with Crippen LogP contribution in [0.2, 0.25) is 0 Å². The average Bonchev–Trinajstić information content (AvgIpc) is 3.38. The molecular weight excluding hydrogens is 374 g/mol. The van der Waals surface area contributed by atoms with Gasteiger partial charge in [-0.15, -0.1) is 0 Å². The number of nitrogens with zero attached hydrogens (tertiary/aromatic N) is 3. The quantitative estimate of drug-likeness (QED) is 0.717. The van der Waals surface area contributed by atoms with Crippen molar-refractivity contribution in [3.8, 4) is 0 Å². The summed E-state index contributed by atoms with van der Waals surface area (Å²) in [6, 6.07) is 7.93. The van der Waals surface area contributed by atoms with Crippen molar-refractivity contribution in [2.24, 2.45) is 0 Å². The van der Waals surface area contributed by atoms with Crippen molar-refractivity contribution in [1.82, 2.24) is 15.4 Å². The number of amides is 2. The molecule has 3 heterocycles. The van der Waals surface area contributed by atoms with Crippen molar-refractivity contribution in [3.63, 3.8) is 0 Å². The standard InChI is InChI=1S/C20H25N5O4/c1-24-6-4-15-12-14(2-3-16(15)24)17(25-7-10-28-11-8-25)13-21-19(26)20(27)22-18-5-9-29-23-18/h2-3,5,9,12,17H,4,6-8,10-11,13H2,1H3,(H,21,26)(H,22,23,27). The molecule has 0 bridgehead atoms. The van der Waals surface area contributed by atoms with Gasteiger partial charge in [0.1, 0.15) is 6.26 Å². The predicted octanol–water partition coefficient (Wildman–Crippen LogP) is 0.795. The van der Waals surface area contributed by atoms with Gasteiger partial charge in [0.25, 0.3) is 0 Å². The van der Waals surface area contributed by atoms with Gasteiger partial charge in [0.2, 0.25) is 0 Å². The largest absolute Gasteiger partial charge is 0.379 e. The molecule has 1 saturated heterocycles. The van der Waals surface area contributed by atoms with Gasteiger partial charge >= 0.3 is 11.8 Å². The van der Waals surface area contributed by atoms with Crippen LogP contribution in [-0.2, 0) is 20.7 Å². The lowest BCUT2D eigenvalue weighted by Gasteiger charge is -2.35. The van der Waals surface area contributed by atoms with E-state index < -0.39 is 11.8 Å². The van der Waals surface area contributed by atoms with E-state index in [1.54, 1.807) is 0 Å². The Morgan fingerprint density at radius 2 is 2.00 bits per heavy atom. The van der Waals surface area contributed by atoms with E-state index in [9.17, 15) is 9.59 Å². The van der Waals surface area contributed by atoms with E-state index in [0.717, 1.165) is 31.6 Å². The van der Waals surface area contributed by atoms with Crippen molar-refractivity contribution in [2.75, 3.05) is 56.7 Å². The lowest BCUT2D eigenvalue weighted by Crippen LogP contribution is -2.45. The van der Waals surface area contributed by atoms with Crippen LogP contribution in [0.25, 0.3) is 0 Å². The lowest BCUT2D eigenvalue weighted by atomic mass is 10.0. The number of hydrogen-bond donors (Lipinski definition) is 2. The number of likely N-dealkylation sites (N-methyl/N-ethyl adjacent to an activating group) is 1. The molecule has 1 atom stereocenters. The number of anilines is 2. The van der Waals surface area contributed by atoms with Crippen molar-refractivity contribution < 1.29 is 18.8 Å². The number of ether oxygens (including phenoxy) is 1. The van der Waals surface area contributed by atoms with E-state index in [-0.39, 0.29) is 11.9 Å². The number of nitrogens with one attached hydrogen (secondary N) is 2. The SMILES string of the molecule is CN1CCc2cc(C(CNC(=O)C(=O)Nc3ccon3)N3CCOCC3)ccc21. The molecule has 1 aromatic heterocycles. The topological polar surface area (TPSA) is 99.9 Å². The van der Waals surface area contributed by atoms with Gasteiger partial charge in [-0.25, -0.2) is 0 Å². The van der Waals surface area contributed by atoms with Crippen molar-refractivity contribution in [3.05, 3.63) is 41.7 Å². The minimum absolute atomic E-state index is 0.0288. The Balaban J connectivity index is 1.46. The van der Waals surface area contributed by atoms with Gasteiger partial charge < -0.3 is 19.5 Å². The number of rotatable bonds is 5. The van der Waals surface area contributed by atoms with Crippen molar-refractivity contribution in [1.29, 1.82) is 0 Å². The smallest absolute Gasteiger partial charge is 0.314 e. The molecule has 2 aromatic rings. The Morgan fingerprint density at radius 1 is 1.17 bits per heavy atom. The molecule has 1 aromatic carbocycles. The summed E-state index contributed by atoms with van der Waals surface area (Å²) in [5, 5.41) is 8.75. The highest BCUT2D eigenvalue weighted by molar-refractivity contribution is 6.39. The summed E-state index contributed by atoms with van der Waals surface area (Å²) in [6.45, 7) is 4.22. The number of morpholine rings is 1. The molecule has 2 aliphatic heterocycles. The summed E-state index contributed by atoms with van der Waals surface area (Å²) in [5.74, 6) is -1.26. The molecule has 0 radical (unpaired) electrons. The molecule has 2 amide bonds. The zero-order chi connectivity index (χ0) is 20.2. The second kappa shape index (κ2) is 8.62. The zero-order valence-electron chi connectivity index (χ0n) is 16.4. The van der Waals surface area contributed by atoms with Crippen LogP contribution in [0.3, 0.4) is 0 Å². The fourth-order valence-corrected chi connectivity index (χ4v) is 3.86. The summed E-state index contributed by atoms with van der Waals surface area (Å²) in [6.07, 6.45) is 2.34. The van der Waals surface area contributed by atoms with Crippen LogP contribution in [0.4, 0.5) is 11.5 Å². The number of carbonyl (C=O) groups is 2. The van der Waals surface area contributed by atoms with E-state index in [1.165, 1.54) is 23.6 Å². The number of carbonyl (C=O) groups excluding carboxylic acids is 2. The Bertz CT molecular complexity index is 864. The molecule has 29 heavy (non-hydrogen) atoms. The second-order valence-electron chi connectivity index (χ2n) is 7.27. The molecule has 154 valence electrons. The third kappa shape index (κ3) is 4.41. The van der Waals surface area contributed by atoms with Crippen LogP contribution >= 0.6 is 0 Å². The van der Waals surface area contributed by atoms with Crippen LogP contribution in [0, 0.1) is 0 Å². The van der Waals surface area contributed by atoms with E-state index in [4.69, 9.17) is 4.74 Å². The molecule has 9 nitrogen and oxygen atoms in total. The molecule has 1 fully saturated rings. The summed E-state index contributed by atoms with van der Waals surface area (Å²) in [7, 11) is 2.10. The molecule has 0 saturated carbocycles. The fraction of sp³-hybridized carbons (Fsp3) is 0.450. The van der Waals surface area contributed by atoms with Gasteiger partial charge in [0.05, 0.1) is 19.3 Å². The van der Waals surface area contributed by atoms with Crippen LogP contribution < -0.4 is 15.5 Å². The molecule has 1 unspecified atom stereocenters. The molecule has 0 aliphatic carbocycles. The number of benzene rings is 1. The lowest BCUT2D eigenvalue weighted by molar-refractivity contribution is -0.136. The Morgan fingerprint density at radius 3 is 2.76 bits per heavy atom. The maximum atomic E-state index is 12.3. The maximum Gasteiger partial charge on any atom is 0.314 e. The first-order valence-corrected chi connectivity index (χ1v) is 9.77. The molecule has 4 rings (SSSR count). The van der Waals surface area contributed by atoms with Crippen LogP contribution in [0.1, 0.15) is 17.2 Å². The summed E-state index contributed by atoms with van der Waals surface area (Å²) < 4.78 is 10.1. The van der Waals surface area contributed by atoms with Crippen LogP contribution in [-0.4, -0.2) is 68.3 Å². The predicted molar refractivity (Wildman–Crippen MR) is 107 cm³/mol. The van der Waals surface area contributed by atoms with E-state index >= 15 is 0 Å². The third-order valence-electron chi connectivity index (χ3n) is 5.44. The number of aromatic nitrogens is 1. The zero-order valence-corrected chi connectivity index (χ0v) is 16.4. The highest BCUT2D eigenvalue weighted by atomic mass is 16.5. The maximum absolute atomic E-state index is 12.3. The Labute approximate surface area is 169 Å². The van der Waals surface area contributed by atoms with Crippen LogP contribution in [0.5, 0.6) is 0 Å². The Kier molecular flexibility index (Phi) is 5.77. The monoisotopic (exact) mass is 399 g/mol. The first-order chi connectivity index (χ1) is 14.1. The summed E-state index contributed by atoms with van der Waals surface area (Å²) >= 11 is 0. The minimum atomic E-state index is -0.768. The second-order valence-corrected chi connectivity index (χ2v) is 7.27. The van der Waals surface area contributed by atoms with E-state index in [0.29, 0.717) is 19.8 Å². The van der Waals surface area contributed by atoms with Gasteiger partial charge in [-0.1, -0.05) is 17.3 Å². The van der Waals surface area contributed by atoms with Crippen molar-refractivity contribution >= 4 is 23.3 Å². The first-order valence-electron chi connectivity index (χ1n) is 9.77. The van der Waals surface area contributed by atoms with Crippen LogP contribution in [0.15, 0.2) is 35.1 Å². The highest BCUT2D eigenvalue weighted by Gasteiger charge is 2.26. The molecule has 2 aliphatic rings. The van der Waals surface area contributed by atoms with E-state index in [1.807, 2.05) is 0 Å². The van der Waals surface area contributed by atoms with Crippen molar-refractivity contribution in [2.45, 2.75) is 12.5 Å². The van der Waals surface area contributed by atoms with Gasteiger partial charge in [0, 0.05) is 45.0 Å². The molecular formula is C20H25N5O4. The number of fused-ring (bicyclic) bond motifs is 1. The summed E-state index contributed by atoms with van der Waals surface area (Å²) in [4.78, 5) is 28.9. The highest BCUT2D eigenvalue weighted by Crippen LogP contribution is 2.31. The third-order valence-corrected chi connectivity index (χ3v) is 5.44. The van der Waals surface area contributed by atoms with E-state index in [2.05, 4.69) is 55.4 Å². The van der Waals surface area contributed by atoms with Gasteiger partial charge in [-0.3, -0.25) is 19.8 Å². The number of hydrogen-bond acceptors (Lipinski definition) is 7.